The van der Waals surface area contributed by atoms with Gasteiger partial charge in [-0.15, -0.1) is 0 Å². The van der Waals surface area contributed by atoms with Crippen LogP contribution in [0.3, 0.4) is 0 Å². The van der Waals surface area contributed by atoms with Gasteiger partial charge in [-0.1, -0.05) is 93.6 Å². The van der Waals surface area contributed by atoms with Gasteiger partial charge in [0.05, 0.1) is 19.1 Å². The van der Waals surface area contributed by atoms with Crippen LogP contribution in [0.25, 0.3) is 0 Å². The summed E-state index contributed by atoms with van der Waals surface area (Å²) in [5.74, 6) is 0.418. The van der Waals surface area contributed by atoms with E-state index in [4.69, 9.17) is 13.9 Å². The molecule has 0 aliphatic heterocycles. The van der Waals surface area contributed by atoms with E-state index in [1.165, 1.54) is 17.5 Å². The lowest BCUT2D eigenvalue weighted by atomic mass is 9.84. The number of hydrogen-bond donors (Lipinski definition) is 0. The van der Waals surface area contributed by atoms with Gasteiger partial charge in [-0.3, -0.25) is 9.78 Å². The minimum Gasteiger partial charge on any atom is -0.488 e. The number of carbonyl (C=O) groups excluding carboxylic acids is 1. The third kappa shape index (κ3) is 6.03. The first kappa shape index (κ1) is 29.2. The van der Waals surface area contributed by atoms with Gasteiger partial charge in [0, 0.05) is 23.5 Å². The lowest BCUT2D eigenvalue weighted by Crippen LogP contribution is -2.66. The predicted molar refractivity (Wildman–Crippen MR) is 162 cm³/mol. The van der Waals surface area contributed by atoms with Crippen molar-refractivity contribution < 1.29 is 18.7 Å². The highest BCUT2D eigenvalue weighted by Crippen LogP contribution is 2.38. The molecule has 0 spiro atoms. The van der Waals surface area contributed by atoms with Gasteiger partial charge in [-0.25, -0.2) is 0 Å². The molecule has 0 unspecified atom stereocenters. The lowest BCUT2D eigenvalue weighted by molar-refractivity contribution is -0.146. The number of pyridine rings is 1. The third-order valence-corrected chi connectivity index (χ3v) is 12.4. The van der Waals surface area contributed by atoms with Gasteiger partial charge in [0.1, 0.15) is 12.4 Å². The molecule has 0 radical (unpaired) electrons. The number of esters is 1. The molecule has 1 heterocycles. The molecular weight excluding hydrogens is 514 g/mol. The number of methoxy groups -OCH3 is 1. The number of carbonyl (C=O) groups is 1. The van der Waals surface area contributed by atoms with Crippen LogP contribution in [0.1, 0.15) is 51.3 Å². The smallest absolute Gasteiger partial charge is 0.315 e. The molecule has 0 atom stereocenters. The molecule has 0 saturated carbocycles. The highest BCUT2D eigenvalue weighted by atomic mass is 28.4. The molecule has 0 N–H and O–H groups in total. The van der Waals surface area contributed by atoms with Crippen molar-refractivity contribution in [1.29, 1.82) is 0 Å². The largest absolute Gasteiger partial charge is 0.488 e. The molecule has 208 valence electrons. The number of benzene rings is 3. The van der Waals surface area contributed by atoms with Crippen LogP contribution in [0.4, 0.5) is 0 Å². The van der Waals surface area contributed by atoms with Crippen LogP contribution in [0.5, 0.6) is 5.75 Å². The van der Waals surface area contributed by atoms with E-state index in [1.807, 2.05) is 56.3 Å². The van der Waals surface area contributed by atoms with E-state index >= 15 is 0 Å². The van der Waals surface area contributed by atoms with Crippen LogP contribution >= 0.6 is 0 Å². The van der Waals surface area contributed by atoms with Gasteiger partial charge in [0.2, 0.25) is 0 Å². The van der Waals surface area contributed by atoms with Gasteiger partial charge < -0.3 is 13.9 Å². The maximum atomic E-state index is 12.7. The Kier molecular flexibility index (Phi) is 8.91. The Morgan fingerprint density at radius 3 is 1.95 bits per heavy atom. The number of nitrogens with zero attached hydrogens (tertiary/aromatic N) is 1. The fourth-order valence-electron chi connectivity index (χ4n) is 5.19. The van der Waals surface area contributed by atoms with Gasteiger partial charge in [-0.05, 0) is 53.0 Å². The normalized spacial score (nSPS) is 12.2. The highest BCUT2D eigenvalue weighted by molar-refractivity contribution is 6.99. The van der Waals surface area contributed by atoms with Crippen LogP contribution < -0.4 is 15.1 Å². The molecule has 4 aromatic rings. The van der Waals surface area contributed by atoms with Crippen LogP contribution in [-0.2, 0) is 32.6 Å². The summed E-state index contributed by atoms with van der Waals surface area (Å²) in [5, 5.41) is 2.24. The topological polar surface area (TPSA) is 57.7 Å². The van der Waals surface area contributed by atoms with Gasteiger partial charge in [-0.2, -0.15) is 0 Å². The molecule has 6 heteroatoms. The fraction of sp³-hybridized carbons (Fsp3) is 0.294. The first-order chi connectivity index (χ1) is 19.1. The Morgan fingerprint density at radius 2 is 1.43 bits per heavy atom. The molecule has 4 rings (SSSR count). The minimum atomic E-state index is -2.79. The van der Waals surface area contributed by atoms with Crippen LogP contribution in [-0.4, -0.2) is 26.4 Å². The zero-order chi connectivity index (χ0) is 28.8. The van der Waals surface area contributed by atoms with Crippen LogP contribution in [0.15, 0.2) is 103 Å². The summed E-state index contributed by atoms with van der Waals surface area (Å²) in [6.45, 7) is 11.2. The van der Waals surface area contributed by atoms with E-state index < -0.39 is 13.7 Å². The Balaban J connectivity index is 1.80. The second kappa shape index (κ2) is 12.2. The molecule has 5 nitrogen and oxygen atoms in total. The van der Waals surface area contributed by atoms with E-state index in [9.17, 15) is 4.79 Å². The van der Waals surface area contributed by atoms with Crippen molar-refractivity contribution in [1.82, 2.24) is 4.98 Å². The molecule has 0 fully saturated rings. The molecule has 0 aliphatic rings. The molecule has 3 aromatic carbocycles. The fourth-order valence-corrected chi connectivity index (χ4v) is 9.71. The second-order valence-corrected chi connectivity index (χ2v) is 15.8. The van der Waals surface area contributed by atoms with E-state index in [0.29, 0.717) is 19.0 Å². The van der Waals surface area contributed by atoms with Gasteiger partial charge in [0.25, 0.3) is 8.32 Å². The lowest BCUT2D eigenvalue weighted by Gasteiger charge is -2.43. The average Bonchev–Trinajstić information content (AvgIpc) is 2.97. The van der Waals surface area contributed by atoms with E-state index in [0.717, 1.165) is 16.7 Å². The van der Waals surface area contributed by atoms with Crippen molar-refractivity contribution in [3.05, 3.63) is 120 Å². The number of ether oxygens (including phenoxy) is 2. The maximum absolute atomic E-state index is 12.7. The van der Waals surface area contributed by atoms with Gasteiger partial charge in [0.15, 0.2) is 0 Å². The summed E-state index contributed by atoms with van der Waals surface area (Å²) in [5.41, 5.74) is 1.86. The quantitative estimate of drug-likeness (QED) is 0.173. The summed E-state index contributed by atoms with van der Waals surface area (Å²) >= 11 is 0. The SMILES string of the molecule is COC(=O)C(C)(C)c1ccc(OCc2cccnc2)c(CO[Si](c2ccccc2)(c2ccccc2)C(C)(C)C)c1. The standard InChI is InChI=1S/C34H39NO4Si/c1-33(2,3)40(29-15-9-7-10-16-29,30-17-11-8-12-18-30)39-25-27-22-28(34(4,5)32(36)37-6)19-20-31(27)38-24-26-14-13-21-35-23-26/h7-23H,24-25H2,1-6H3. The zero-order valence-corrected chi connectivity index (χ0v) is 25.3. The summed E-state index contributed by atoms with van der Waals surface area (Å²) in [7, 11) is -1.37. The predicted octanol–water partition coefficient (Wildman–Crippen LogP) is 6.19. The van der Waals surface area contributed by atoms with Crippen molar-refractivity contribution in [3.63, 3.8) is 0 Å². The maximum Gasteiger partial charge on any atom is 0.315 e. The number of hydrogen-bond acceptors (Lipinski definition) is 5. The Morgan fingerprint density at radius 1 is 0.800 bits per heavy atom. The number of aromatic nitrogens is 1. The van der Waals surface area contributed by atoms with Crippen LogP contribution in [0.2, 0.25) is 5.04 Å². The van der Waals surface area contributed by atoms with E-state index in [1.54, 1.807) is 12.4 Å². The molecule has 0 amide bonds. The molecule has 0 aliphatic carbocycles. The summed E-state index contributed by atoms with van der Waals surface area (Å²) in [6, 6.07) is 30.9. The summed E-state index contributed by atoms with van der Waals surface area (Å²) in [4.78, 5) is 16.9. The highest BCUT2D eigenvalue weighted by Gasteiger charge is 2.50. The molecule has 40 heavy (non-hydrogen) atoms. The molecule has 0 saturated heterocycles. The van der Waals surface area contributed by atoms with Crippen molar-refractivity contribution in [2.75, 3.05) is 7.11 Å². The van der Waals surface area contributed by atoms with Gasteiger partial charge >= 0.3 is 5.97 Å². The first-order valence-electron chi connectivity index (χ1n) is 13.6. The number of rotatable bonds is 10. The molecule has 0 bridgehead atoms. The van der Waals surface area contributed by atoms with Crippen LogP contribution in [0, 0.1) is 0 Å². The Labute approximate surface area is 239 Å². The monoisotopic (exact) mass is 553 g/mol. The molecular formula is C34H39NO4Si. The Hall–Kier alpha value is -3.74. The summed E-state index contributed by atoms with van der Waals surface area (Å²) in [6.07, 6.45) is 3.55. The first-order valence-corrected chi connectivity index (χ1v) is 15.5. The van der Waals surface area contributed by atoms with E-state index in [-0.39, 0.29) is 11.0 Å². The van der Waals surface area contributed by atoms with Crippen molar-refractivity contribution in [3.8, 4) is 5.75 Å². The van der Waals surface area contributed by atoms with E-state index in [2.05, 4.69) is 74.3 Å². The van der Waals surface area contributed by atoms with Crippen molar-refractivity contribution >= 4 is 24.7 Å². The van der Waals surface area contributed by atoms with Crippen molar-refractivity contribution in [2.24, 2.45) is 0 Å². The average molecular weight is 554 g/mol. The molecule has 1 aromatic heterocycles. The second-order valence-electron chi connectivity index (χ2n) is 11.5. The minimum absolute atomic E-state index is 0.171. The zero-order valence-electron chi connectivity index (χ0n) is 24.3. The van der Waals surface area contributed by atoms with Crippen molar-refractivity contribution in [2.45, 2.75) is 58.3 Å². The summed E-state index contributed by atoms with van der Waals surface area (Å²) < 4.78 is 18.7. The third-order valence-electron chi connectivity index (χ3n) is 7.46. The Bertz CT molecular complexity index is 1360.